The van der Waals surface area contributed by atoms with Crippen LogP contribution in [0.2, 0.25) is 0 Å². The standard InChI is InChI=1S/C13H16N2O2S/c1-9-2-3-12(17-9)11-8-18-13(15-11)6-10-7-16-5-4-14-10/h2-3,8,10,14H,4-7H2,1H3. The van der Waals surface area contributed by atoms with Crippen LogP contribution in [0.15, 0.2) is 21.9 Å². The second kappa shape index (κ2) is 5.22. The van der Waals surface area contributed by atoms with Crippen molar-refractivity contribution in [3.63, 3.8) is 0 Å². The molecule has 5 heteroatoms. The molecule has 4 nitrogen and oxygen atoms in total. The Kier molecular flexibility index (Phi) is 3.45. The van der Waals surface area contributed by atoms with Crippen molar-refractivity contribution < 1.29 is 9.15 Å². The van der Waals surface area contributed by atoms with Gasteiger partial charge in [0.05, 0.1) is 18.2 Å². The number of hydrogen-bond acceptors (Lipinski definition) is 5. The van der Waals surface area contributed by atoms with E-state index in [-0.39, 0.29) is 0 Å². The molecule has 1 aliphatic heterocycles. The Morgan fingerprint density at radius 1 is 1.50 bits per heavy atom. The van der Waals surface area contributed by atoms with Crippen LogP contribution < -0.4 is 5.32 Å². The van der Waals surface area contributed by atoms with Gasteiger partial charge in [-0.15, -0.1) is 11.3 Å². The lowest BCUT2D eigenvalue weighted by atomic mass is 10.2. The molecule has 96 valence electrons. The molecule has 1 aliphatic rings. The highest BCUT2D eigenvalue weighted by Crippen LogP contribution is 2.24. The predicted octanol–water partition coefficient (Wildman–Crippen LogP) is 2.24. The van der Waals surface area contributed by atoms with Crippen molar-refractivity contribution in [2.45, 2.75) is 19.4 Å². The van der Waals surface area contributed by atoms with Crippen molar-refractivity contribution in [3.8, 4) is 11.5 Å². The van der Waals surface area contributed by atoms with E-state index in [1.165, 1.54) is 0 Å². The van der Waals surface area contributed by atoms with E-state index in [1.54, 1.807) is 11.3 Å². The number of aryl methyl sites for hydroxylation is 1. The van der Waals surface area contributed by atoms with Gasteiger partial charge in [-0.1, -0.05) is 0 Å². The van der Waals surface area contributed by atoms with Crippen LogP contribution in [0.4, 0.5) is 0 Å². The predicted molar refractivity (Wildman–Crippen MR) is 70.9 cm³/mol. The van der Waals surface area contributed by atoms with Crippen LogP contribution in [0.25, 0.3) is 11.5 Å². The van der Waals surface area contributed by atoms with E-state index >= 15 is 0 Å². The van der Waals surface area contributed by atoms with Crippen molar-refractivity contribution in [1.29, 1.82) is 0 Å². The fourth-order valence-electron chi connectivity index (χ4n) is 2.05. The quantitative estimate of drug-likeness (QED) is 0.923. The lowest BCUT2D eigenvalue weighted by molar-refractivity contribution is 0.0770. The molecule has 0 amide bonds. The van der Waals surface area contributed by atoms with Crippen LogP contribution >= 0.6 is 11.3 Å². The minimum atomic E-state index is 0.385. The summed E-state index contributed by atoms with van der Waals surface area (Å²) in [5.74, 6) is 1.77. The molecular formula is C13H16N2O2S. The van der Waals surface area contributed by atoms with E-state index < -0.39 is 0 Å². The lowest BCUT2D eigenvalue weighted by Crippen LogP contribution is -2.42. The maximum absolute atomic E-state index is 5.58. The van der Waals surface area contributed by atoms with Crippen molar-refractivity contribution in [1.82, 2.24) is 10.3 Å². The molecule has 2 aromatic rings. The highest BCUT2D eigenvalue weighted by molar-refractivity contribution is 7.09. The number of ether oxygens (including phenoxy) is 1. The van der Waals surface area contributed by atoms with Gasteiger partial charge < -0.3 is 14.5 Å². The van der Waals surface area contributed by atoms with Gasteiger partial charge in [-0.05, 0) is 19.1 Å². The molecule has 0 aromatic carbocycles. The maximum atomic E-state index is 5.58. The number of morpholine rings is 1. The first-order valence-corrected chi connectivity index (χ1v) is 7.01. The van der Waals surface area contributed by atoms with E-state index in [1.807, 2.05) is 19.1 Å². The van der Waals surface area contributed by atoms with Gasteiger partial charge >= 0.3 is 0 Å². The molecule has 2 aromatic heterocycles. The van der Waals surface area contributed by atoms with E-state index in [0.717, 1.165) is 48.4 Å². The molecule has 1 N–H and O–H groups in total. The smallest absolute Gasteiger partial charge is 0.153 e. The molecular weight excluding hydrogens is 248 g/mol. The van der Waals surface area contributed by atoms with Crippen LogP contribution in [-0.4, -0.2) is 30.8 Å². The van der Waals surface area contributed by atoms with E-state index in [2.05, 4.69) is 15.7 Å². The fraction of sp³-hybridized carbons (Fsp3) is 0.462. The Bertz CT molecular complexity index is 515. The fourth-order valence-corrected chi connectivity index (χ4v) is 2.92. The normalized spacial score (nSPS) is 20.2. The molecule has 1 fully saturated rings. The molecule has 0 aliphatic carbocycles. The Balaban J connectivity index is 1.69. The zero-order chi connectivity index (χ0) is 12.4. The average molecular weight is 264 g/mol. The summed E-state index contributed by atoms with van der Waals surface area (Å²) in [7, 11) is 0. The van der Waals surface area contributed by atoms with Crippen LogP contribution in [0.1, 0.15) is 10.8 Å². The maximum Gasteiger partial charge on any atom is 0.153 e. The van der Waals surface area contributed by atoms with Gasteiger partial charge in [0.15, 0.2) is 5.76 Å². The molecule has 0 spiro atoms. The van der Waals surface area contributed by atoms with E-state index in [4.69, 9.17) is 9.15 Å². The number of nitrogens with zero attached hydrogens (tertiary/aromatic N) is 1. The summed E-state index contributed by atoms with van der Waals surface area (Å²) in [4.78, 5) is 4.62. The second-order valence-corrected chi connectivity index (χ2v) is 5.41. The molecule has 18 heavy (non-hydrogen) atoms. The second-order valence-electron chi connectivity index (χ2n) is 4.47. The van der Waals surface area contributed by atoms with Gasteiger partial charge in [-0.2, -0.15) is 0 Å². The summed E-state index contributed by atoms with van der Waals surface area (Å²) in [6.07, 6.45) is 0.921. The zero-order valence-electron chi connectivity index (χ0n) is 10.3. The van der Waals surface area contributed by atoms with Crippen LogP contribution in [0.5, 0.6) is 0 Å². The monoisotopic (exact) mass is 264 g/mol. The van der Waals surface area contributed by atoms with Crippen molar-refractivity contribution in [2.75, 3.05) is 19.8 Å². The molecule has 3 heterocycles. The average Bonchev–Trinajstić information content (AvgIpc) is 2.99. The number of nitrogens with one attached hydrogen (secondary N) is 1. The third-order valence-electron chi connectivity index (χ3n) is 2.96. The summed E-state index contributed by atoms with van der Waals surface area (Å²) in [5.41, 5.74) is 0.930. The third kappa shape index (κ3) is 2.63. The van der Waals surface area contributed by atoms with Crippen molar-refractivity contribution in [2.24, 2.45) is 0 Å². The summed E-state index contributed by atoms with van der Waals surface area (Å²) < 4.78 is 11.0. The van der Waals surface area contributed by atoms with E-state index in [9.17, 15) is 0 Å². The van der Waals surface area contributed by atoms with Crippen LogP contribution in [-0.2, 0) is 11.2 Å². The number of rotatable bonds is 3. The van der Waals surface area contributed by atoms with Gasteiger partial charge in [0.1, 0.15) is 11.5 Å². The summed E-state index contributed by atoms with van der Waals surface area (Å²) in [5, 5.41) is 6.62. The minimum Gasteiger partial charge on any atom is -0.460 e. The Labute approximate surface area is 110 Å². The summed E-state index contributed by atoms with van der Waals surface area (Å²) >= 11 is 1.68. The minimum absolute atomic E-state index is 0.385. The topological polar surface area (TPSA) is 47.3 Å². The zero-order valence-corrected chi connectivity index (χ0v) is 11.1. The molecule has 0 radical (unpaired) electrons. The third-order valence-corrected chi connectivity index (χ3v) is 3.84. The van der Waals surface area contributed by atoms with Gasteiger partial charge in [0.2, 0.25) is 0 Å². The Morgan fingerprint density at radius 3 is 3.17 bits per heavy atom. The van der Waals surface area contributed by atoms with Crippen molar-refractivity contribution in [3.05, 3.63) is 28.3 Å². The molecule has 0 bridgehead atoms. The Morgan fingerprint density at radius 2 is 2.44 bits per heavy atom. The number of hydrogen-bond donors (Lipinski definition) is 1. The van der Waals surface area contributed by atoms with Gasteiger partial charge in [-0.25, -0.2) is 4.98 Å². The SMILES string of the molecule is Cc1ccc(-c2csc(CC3COCCN3)n2)o1. The molecule has 1 saturated heterocycles. The molecule has 1 atom stereocenters. The van der Waals surface area contributed by atoms with Crippen LogP contribution in [0.3, 0.4) is 0 Å². The lowest BCUT2D eigenvalue weighted by Gasteiger charge is -2.22. The summed E-state index contributed by atoms with van der Waals surface area (Å²) in [6.45, 7) is 4.46. The first-order chi connectivity index (χ1) is 8.81. The number of thiazole rings is 1. The summed E-state index contributed by atoms with van der Waals surface area (Å²) in [6, 6.07) is 4.32. The van der Waals surface area contributed by atoms with Gasteiger partial charge in [0, 0.05) is 24.4 Å². The molecule has 1 unspecified atom stereocenters. The largest absolute Gasteiger partial charge is 0.460 e. The number of aromatic nitrogens is 1. The first-order valence-electron chi connectivity index (χ1n) is 6.13. The van der Waals surface area contributed by atoms with Gasteiger partial charge in [0.25, 0.3) is 0 Å². The van der Waals surface area contributed by atoms with Crippen LogP contribution in [0, 0.1) is 6.92 Å². The van der Waals surface area contributed by atoms with Gasteiger partial charge in [-0.3, -0.25) is 0 Å². The first kappa shape index (κ1) is 11.9. The Hall–Kier alpha value is -1.17. The number of furan rings is 1. The molecule has 0 saturated carbocycles. The highest BCUT2D eigenvalue weighted by Gasteiger charge is 2.16. The van der Waals surface area contributed by atoms with E-state index in [0.29, 0.717) is 6.04 Å². The highest BCUT2D eigenvalue weighted by atomic mass is 32.1. The van der Waals surface area contributed by atoms with Crippen molar-refractivity contribution >= 4 is 11.3 Å². The molecule has 3 rings (SSSR count).